The maximum Gasteiger partial charge on any atom is 0.251 e. The fourth-order valence-corrected chi connectivity index (χ4v) is 9.51. The molecule has 0 aromatic heterocycles. The molecule has 6 N–H and O–H groups in total. The van der Waals surface area contributed by atoms with Crippen molar-refractivity contribution in [1.29, 1.82) is 0 Å². The van der Waals surface area contributed by atoms with Gasteiger partial charge in [-0.25, -0.2) is 0 Å². The van der Waals surface area contributed by atoms with Crippen molar-refractivity contribution in [1.82, 2.24) is 5.32 Å². The Morgan fingerprint density at radius 3 is 1.76 bits per heavy atom. The third-order valence-electron chi connectivity index (χ3n) is 13.3. The molecule has 4 aromatic carbocycles. The lowest BCUT2D eigenvalue weighted by atomic mass is 9.95. The molecule has 0 spiro atoms. The van der Waals surface area contributed by atoms with Crippen molar-refractivity contribution < 1.29 is 68.2 Å². The Morgan fingerprint density at radius 2 is 1.18 bits per heavy atom. The van der Waals surface area contributed by atoms with Gasteiger partial charge in [0, 0.05) is 48.6 Å². The van der Waals surface area contributed by atoms with Crippen LogP contribution in [0.3, 0.4) is 0 Å². The molecule has 3 fully saturated rings. The van der Waals surface area contributed by atoms with E-state index in [1.165, 1.54) is 0 Å². The van der Waals surface area contributed by atoms with Crippen LogP contribution in [-0.2, 0) is 37.9 Å². The highest BCUT2D eigenvalue weighted by Gasteiger charge is 2.34. The molecular weight excluding hydrogens is 967 g/mol. The largest absolute Gasteiger partial charge is 0.508 e. The van der Waals surface area contributed by atoms with Gasteiger partial charge in [-0.1, -0.05) is 73.9 Å². The van der Waals surface area contributed by atoms with Gasteiger partial charge in [0.25, 0.3) is 5.91 Å². The number of thiol groups is 1. The third kappa shape index (κ3) is 22.5. The van der Waals surface area contributed by atoms with Crippen LogP contribution in [0.1, 0.15) is 151 Å². The van der Waals surface area contributed by atoms with Crippen LogP contribution in [0.15, 0.2) is 108 Å². The van der Waals surface area contributed by atoms with Crippen LogP contribution in [0.2, 0.25) is 0 Å². The first kappa shape index (κ1) is 60.6. The van der Waals surface area contributed by atoms with Crippen LogP contribution >= 0.6 is 12.6 Å². The van der Waals surface area contributed by atoms with E-state index in [0.29, 0.717) is 74.4 Å². The molecule has 1 amide bonds. The van der Waals surface area contributed by atoms with E-state index in [9.17, 15) is 25.2 Å². The molecule has 7 rings (SSSR count). The van der Waals surface area contributed by atoms with Crippen molar-refractivity contribution in [2.45, 2.75) is 189 Å². The fraction of sp³-hybridized carbons (Fsp3) is 0.569. The first-order valence-electron chi connectivity index (χ1n) is 26.5. The van der Waals surface area contributed by atoms with Gasteiger partial charge in [0.15, 0.2) is 18.9 Å². The van der Waals surface area contributed by atoms with Gasteiger partial charge in [-0.05, 0) is 133 Å². The van der Waals surface area contributed by atoms with Crippen molar-refractivity contribution >= 4 is 18.5 Å². The molecule has 0 saturated carbocycles. The lowest BCUT2D eigenvalue weighted by Gasteiger charge is -2.37. The lowest BCUT2D eigenvalue weighted by molar-refractivity contribution is -0.251. The predicted octanol–water partition coefficient (Wildman–Crippen LogP) is 10.8. The molecule has 11 unspecified atom stereocenters. The van der Waals surface area contributed by atoms with Gasteiger partial charge in [-0.3, -0.25) is 4.79 Å². The Hall–Kier alpha value is -4.30. The van der Waals surface area contributed by atoms with Crippen LogP contribution in [0, 0.1) is 0 Å². The number of carbonyl (C=O) groups excluding carboxylic acids is 1. The smallest absolute Gasteiger partial charge is 0.251 e. The summed E-state index contributed by atoms with van der Waals surface area (Å²) < 4.78 is 47.4. The molecule has 0 bridgehead atoms. The topological polar surface area (TPSA) is 204 Å². The Balaban J connectivity index is 0.000000470. The number of phenolic OH excluding ortho intramolecular Hbond substituents is 3. The second kappa shape index (κ2) is 33.7. The number of rotatable bonds is 24. The number of aromatic hydroxyl groups is 3. The number of benzene rings is 4. The minimum absolute atomic E-state index is 0.0394. The van der Waals surface area contributed by atoms with Crippen LogP contribution < -0.4 is 5.32 Å². The van der Waals surface area contributed by atoms with Gasteiger partial charge < -0.3 is 68.7 Å². The Kier molecular flexibility index (Phi) is 27.6. The Labute approximate surface area is 444 Å². The number of hydrogen-bond donors (Lipinski definition) is 7. The van der Waals surface area contributed by atoms with E-state index in [1.54, 1.807) is 93.0 Å². The number of hydrogen-bond acceptors (Lipinski definition) is 15. The van der Waals surface area contributed by atoms with Gasteiger partial charge in [-0.15, -0.1) is 12.6 Å². The zero-order valence-corrected chi connectivity index (χ0v) is 44.6. The average Bonchev–Trinajstić information content (AvgIpc) is 3.38. The van der Waals surface area contributed by atoms with Gasteiger partial charge in [0.05, 0.1) is 55.4 Å². The molecule has 0 radical (unpaired) electrons. The monoisotopic (exact) mass is 1050 g/mol. The second-order valence-corrected chi connectivity index (χ2v) is 19.9. The van der Waals surface area contributed by atoms with Crippen molar-refractivity contribution in [2.24, 2.45) is 0 Å². The predicted molar refractivity (Wildman–Crippen MR) is 285 cm³/mol. The van der Waals surface area contributed by atoms with Crippen LogP contribution in [0.4, 0.5) is 0 Å². The second-order valence-electron chi connectivity index (χ2n) is 19.4. The molecule has 74 heavy (non-hydrogen) atoms. The summed E-state index contributed by atoms with van der Waals surface area (Å²) >= 11 is 4.10. The molecule has 16 heteroatoms. The Bertz CT molecular complexity index is 2140. The maximum absolute atomic E-state index is 11.1. The molecular formula is C58H83NO14S. The van der Waals surface area contributed by atoms with Crippen molar-refractivity contribution in [2.75, 3.05) is 27.6 Å². The van der Waals surface area contributed by atoms with Crippen molar-refractivity contribution in [3.63, 3.8) is 0 Å². The van der Waals surface area contributed by atoms with E-state index in [1.807, 2.05) is 31.2 Å². The van der Waals surface area contributed by atoms with E-state index in [0.717, 1.165) is 69.1 Å². The minimum Gasteiger partial charge on any atom is -0.508 e. The number of para-hydroxylation sites is 3. The number of unbranched alkanes of at least 4 members (excludes halogenated alkanes) is 2. The number of nitrogens with one attached hydrogen (secondary N) is 1. The number of ether oxygens (including phenoxy) is 8. The zero-order chi connectivity index (χ0) is 53.1. The molecule has 3 aliphatic rings. The summed E-state index contributed by atoms with van der Waals surface area (Å²) in [6.07, 6.45) is 10.0. The van der Waals surface area contributed by atoms with Gasteiger partial charge in [0.2, 0.25) is 0 Å². The Morgan fingerprint density at radius 1 is 0.649 bits per heavy atom. The molecule has 3 aliphatic heterocycles. The van der Waals surface area contributed by atoms with E-state index < -0.39 is 24.8 Å². The summed E-state index contributed by atoms with van der Waals surface area (Å²) in [5, 5.41) is 54.0. The lowest BCUT2D eigenvalue weighted by Crippen LogP contribution is -2.38. The molecule has 3 saturated heterocycles. The van der Waals surface area contributed by atoms with E-state index in [4.69, 9.17) is 43.0 Å². The summed E-state index contributed by atoms with van der Waals surface area (Å²) in [5.74, 6) is 0.515. The van der Waals surface area contributed by atoms with E-state index in [2.05, 4.69) is 24.9 Å². The summed E-state index contributed by atoms with van der Waals surface area (Å²) in [6, 6.07) is 29.9. The highest BCUT2D eigenvalue weighted by molar-refractivity contribution is 7.80. The fourth-order valence-electron chi connectivity index (χ4n) is 9.36. The minimum atomic E-state index is -0.696. The first-order chi connectivity index (χ1) is 35.8. The molecule has 410 valence electrons. The van der Waals surface area contributed by atoms with Gasteiger partial charge >= 0.3 is 0 Å². The standard InChI is InChI=1S/C44H68O12.C8H9NOS.C6H6O/c1-30(51-29-49-3)13-5-4-6-16-34-28-38(53-31(2)52-34)26-33(46)15-12-18-36-27-35(55-44(56-36)40-20-8-10-22-42(40)48)17-11-14-32(45)25-37-23-24-50-43(54-37)39-19-7-9-21-41(39)47;1-9-8(10)6-2-4-7(11)5-3-6;7-6-4-2-1-3-5-6/h7-10,19-22,30-38,43-48H,4-6,11-18,23-29H2,1-3H3;2-5,11H,1H3,(H,9,10);1-5,7H. The maximum atomic E-state index is 11.1. The number of amides is 1. The van der Waals surface area contributed by atoms with Crippen LogP contribution in [-0.4, -0.2) is 114 Å². The van der Waals surface area contributed by atoms with E-state index >= 15 is 0 Å². The third-order valence-corrected chi connectivity index (χ3v) is 13.6. The number of carbonyl (C=O) groups is 1. The highest BCUT2D eigenvalue weighted by Crippen LogP contribution is 2.38. The molecule has 0 aliphatic carbocycles. The molecule has 3 heterocycles. The number of phenols is 3. The first-order valence-corrected chi connectivity index (χ1v) is 26.9. The summed E-state index contributed by atoms with van der Waals surface area (Å²) in [7, 11) is 3.25. The molecule has 15 nitrogen and oxygen atoms in total. The number of methoxy groups -OCH3 is 1. The zero-order valence-electron chi connectivity index (χ0n) is 43.8. The normalized spacial score (nSPS) is 24.0. The van der Waals surface area contributed by atoms with Crippen LogP contribution in [0.5, 0.6) is 17.2 Å². The molecule has 4 aromatic rings. The highest BCUT2D eigenvalue weighted by atomic mass is 32.1. The number of aliphatic hydroxyl groups is 2. The average molecular weight is 1050 g/mol. The quantitative estimate of drug-likeness (QED) is 0.0198. The molecule has 11 atom stereocenters. The van der Waals surface area contributed by atoms with Crippen molar-refractivity contribution in [3.8, 4) is 17.2 Å². The van der Waals surface area contributed by atoms with Gasteiger partial charge in [-0.2, -0.15) is 0 Å². The summed E-state index contributed by atoms with van der Waals surface area (Å²) in [6.45, 7) is 4.85. The van der Waals surface area contributed by atoms with Crippen molar-refractivity contribution in [3.05, 3.63) is 120 Å². The summed E-state index contributed by atoms with van der Waals surface area (Å²) in [5.41, 5.74) is 1.85. The SMILES string of the molecule is CNC(=O)c1ccc(S)cc1.COCOC(C)CCCCCC1CC(CC(O)CCCC2CC(CCCC(O)CC3CCOC(c4ccccc4O)O3)OC(c3ccccc3O)O2)OC(C)O1.Oc1ccccc1. The van der Waals surface area contributed by atoms with Gasteiger partial charge in [0.1, 0.15) is 24.0 Å². The number of aliphatic hydroxyl groups excluding tert-OH is 2. The van der Waals surface area contributed by atoms with Crippen LogP contribution in [0.25, 0.3) is 0 Å². The van der Waals surface area contributed by atoms with E-state index in [-0.39, 0.29) is 60.3 Å². The summed E-state index contributed by atoms with van der Waals surface area (Å²) in [4.78, 5) is 11.8.